The van der Waals surface area contributed by atoms with Crippen LogP contribution in [0.3, 0.4) is 0 Å². The Balaban J connectivity index is 3.51. The largest absolute Gasteiger partial charge is 0.339 e. The summed E-state index contributed by atoms with van der Waals surface area (Å²) in [7, 11) is 1.26. The van der Waals surface area contributed by atoms with Gasteiger partial charge in [0.15, 0.2) is 0 Å². The molecule has 8 heavy (non-hydrogen) atoms. The summed E-state index contributed by atoms with van der Waals surface area (Å²) in [4.78, 5) is 3.27. The summed E-state index contributed by atoms with van der Waals surface area (Å²) in [5.74, 6) is 0. The molecule has 0 aromatic rings. The zero-order valence-electron chi connectivity index (χ0n) is 5.94. The van der Waals surface area contributed by atoms with E-state index in [4.69, 9.17) is 0 Å². The van der Waals surface area contributed by atoms with Crippen LogP contribution in [0.1, 0.15) is 13.8 Å². The van der Waals surface area contributed by atoms with Crippen molar-refractivity contribution in [3.8, 4) is 0 Å². The van der Waals surface area contributed by atoms with Crippen molar-refractivity contribution in [3.63, 3.8) is 0 Å². The molecule has 0 heterocycles. The Bertz CT molecular complexity index is 70.9. The van der Waals surface area contributed by atoms with Gasteiger partial charge in [-0.1, -0.05) is 19.5 Å². The average Bonchev–Trinajstić information content (AvgIpc) is 1.69. The van der Waals surface area contributed by atoms with Gasteiger partial charge in [-0.05, 0) is 12.6 Å². The second kappa shape index (κ2) is 3.86. The molecule has 1 unspecified atom stereocenters. The molecule has 0 aromatic heterocycles. The summed E-state index contributed by atoms with van der Waals surface area (Å²) in [6, 6.07) is 0. The summed E-state index contributed by atoms with van der Waals surface area (Å²) in [5, 5.41) is 0. The maximum atomic E-state index is 3.75. The van der Waals surface area contributed by atoms with Crippen molar-refractivity contribution >= 4 is 8.96 Å². The first kappa shape index (κ1) is 7.92. The highest BCUT2D eigenvalue weighted by Crippen LogP contribution is 2.03. The van der Waals surface area contributed by atoms with Crippen LogP contribution in [-0.4, -0.2) is 16.0 Å². The first-order valence-electron chi connectivity index (χ1n) is 3.02. The van der Waals surface area contributed by atoms with Crippen LogP contribution in [0.5, 0.6) is 0 Å². The normalized spacial score (nSPS) is 14.0. The zero-order chi connectivity index (χ0) is 6.57. The van der Waals surface area contributed by atoms with E-state index < -0.39 is 8.96 Å². The number of hydrogen-bond donors (Lipinski definition) is 1. The van der Waals surface area contributed by atoms with E-state index in [2.05, 4.69) is 31.1 Å². The van der Waals surface area contributed by atoms with E-state index in [0.717, 1.165) is 5.54 Å². The molecule has 0 aromatic carbocycles. The van der Waals surface area contributed by atoms with Crippen molar-refractivity contribution < 1.29 is 0 Å². The van der Waals surface area contributed by atoms with Gasteiger partial charge in [0, 0.05) is 0 Å². The quantitative estimate of drug-likeness (QED) is 0.562. The Morgan fingerprint density at radius 3 is 2.12 bits per heavy atom. The smallest absolute Gasteiger partial charge is 0.135 e. The lowest BCUT2D eigenvalue weighted by Crippen LogP contribution is -2.30. The van der Waals surface area contributed by atoms with Crippen LogP contribution in [0.2, 0.25) is 5.54 Å². The highest BCUT2D eigenvalue weighted by atomic mass is 28.3. The molecule has 0 saturated carbocycles. The number of rotatable bonds is 3. The van der Waals surface area contributed by atoms with Gasteiger partial charge in [-0.3, -0.25) is 0 Å². The SMILES string of the molecule is C=C[SiH](NC)C(C)C. The van der Waals surface area contributed by atoms with E-state index >= 15 is 0 Å². The van der Waals surface area contributed by atoms with Gasteiger partial charge < -0.3 is 4.98 Å². The molecule has 0 amide bonds. The van der Waals surface area contributed by atoms with Crippen LogP contribution in [0, 0.1) is 0 Å². The molecule has 0 fully saturated rings. The second-order valence-electron chi connectivity index (χ2n) is 2.29. The van der Waals surface area contributed by atoms with Crippen LogP contribution in [0.4, 0.5) is 0 Å². The molecule has 0 aliphatic rings. The van der Waals surface area contributed by atoms with E-state index in [9.17, 15) is 0 Å². The lowest BCUT2D eigenvalue weighted by atomic mass is 10.6. The highest BCUT2D eigenvalue weighted by Gasteiger charge is 2.06. The molecule has 1 N–H and O–H groups in total. The van der Waals surface area contributed by atoms with Gasteiger partial charge in [-0.15, -0.1) is 6.58 Å². The van der Waals surface area contributed by atoms with Crippen LogP contribution in [0.15, 0.2) is 12.3 Å². The fraction of sp³-hybridized carbons (Fsp3) is 0.667. The number of nitrogens with one attached hydrogen (secondary N) is 1. The Hall–Kier alpha value is -0.0831. The molecule has 1 nitrogen and oxygen atoms in total. The minimum Gasteiger partial charge on any atom is -0.339 e. The minimum atomic E-state index is -0.752. The summed E-state index contributed by atoms with van der Waals surface area (Å²) in [5.41, 5.74) is 2.86. The standard InChI is InChI=1S/C6H15NSi/c1-5-8(7-4)6(2)3/h5-8H,1H2,2-4H3. The maximum absolute atomic E-state index is 3.75. The Labute approximate surface area is 53.5 Å². The second-order valence-corrected chi connectivity index (χ2v) is 5.73. The van der Waals surface area contributed by atoms with Gasteiger partial charge in [0.1, 0.15) is 8.96 Å². The molecular weight excluding hydrogens is 114 g/mol. The Morgan fingerprint density at radius 2 is 2.12 bits per heavy atom. The molecule has 0 aliphatic carbocycles. The molecule has 0 saturated heterocycles. The third-order valence-corrected chi connectivity index (χ3v) is 3.92. The summed E-state index contributed by atoms with van der Waals surface area (Å²) < 4.78 is 0. The molecular formula is C6H15NSi. The van der Waals surface area contributed by atoms with Crippen molar-refractivity contribution in [2.24, 2.45) is 0 Å². The monoisotopic (exact) mass is 129 g/mol. The summed E-state index contributed by atoms with van der Waals surface area (Å²) in [6.45, 7) is 8.21. The lowest BCUT2D eigenvalue weighted by Gasteiger charge is -2.11. The van der Waals surface area contributed by atoms with Crippen LogP contribution < -0.4 is 4.98 Å². The Kier molecular flexibility index (Phi) is 3.82. The minimum absolute atomic E-state index is 0.752. The molecule has 0 radical (unpaired) electrons. The first-order valence-corrected chi connectivity index (χ1v) is 4.93. The van der Waals surface area contributed by atoms with Crippen molar-refractivity contribution in [2.75, 3.05) is 7.05 Å². The summed E-state index contributed by atoms with van der Waals surface area (Å²) in [6.07, 6.45) is 0. The van der Waals surface area contributed by atoms with Gasteiger partial charge in [-0.2, -0.15) is 0 Å². The molecule has 0 aliphatic heterocycles. The molecule has 1 atom stereocenters. The van der Waals surface area contributed by atoms with Crippen molar-refractivity contribution in [2.45, 2.75) is 19.4 Å². The average molecular weight is 129 g/mol. The van der Waals surface area contributed by atoms with E-state index in [1.54, 1.807) is 0 Å². The fourth-order valence-electron chi connectivity index (χ4n) is 0.723. The van der Waals surface area contributed by atoms with Crippen molar-refractivity contribution in [1.29, 1.82) is 0 Å². The van der Waals surface area contributed by atoms with Crippen LogP contribution in [0.25, 0.3) is 0 Å². The number of hydrogen-bond acceptors (Lipinski definition) is 1. The van der Waals surface area contributed by atoms with E-state index in [0.29, 0.717) is 0 Å². The molecule has 0 spiro atoms. The zero-order valence-corrected chi connectivity index (χ0v) is 7.09. The van der Waals surface area contributed by atoms with Crippen molar-refractivity contribution in [1.82, 2.24) is 4.98 Å². The van der Waals surface area contributed by atoms with Crippen LogP contribution in [-0.2, 0) is 0 Å². The van der Waals surface area contributed by atoms with Gasteiger partial charge >= 0.3 is 0 Å². The molecule has 0 bridgehead atoms. The fourth-order valence-corrected chi connectivity index (χ4v) is 2.17. The maximum Gasteiger partial charge on any atom is 0.135 e. The Morgan fingerprint density at radius 1 is 1.62 bits per heavy atom. The topological polar surface area (TPSA) is 12.0 Å². The highest BCUT2D eigenvalue weighted by molar-refractivity contribution is 6.62. The third-order valence-electron chi connectivity index (χ3n) is 1.31. The van der Waals surface area contributed by atoms with E-state index in [-0.39, 0.29) is 0 Å². The molecule has 2 heteroatoms. The third kappa shape index (κ3) is 2.28. The lowest BCUT2D eigenvalue weighted by molar-refractivity contribution is 0.996. The predicted octanol–water partition coefficient (Wildman–Crippen LogP) is 1.06. The first-order chi connectivity index (χ1) is 3.72. The van der Waals surface area contributed by atoms with Gasteiger partial charge in [0.05, 0.1) is 0 Å². The summed E-state index contributed by atoms with van der Waals surface area (Å²) >= 11 is 0. The van der Waals surface area contributed by atoms with Crippen molar-refractivity contribution in [3.05, 3.63) is 12.3 Å². The van der Waals surface area contributed by atoms with Gasteiger partial charge in [-0.25, -0.2) is 0 Å². The van der Waals surface area contributed by atoms with E-state index in [1.807, 2.05) is 7.05 Å². The van der Waals surface area contributed by atoms with Gasteiger partial charge in [0.25, 0.3) is 0 Å². The van der Waals surface area contributed by atoms with Crippen LogP contribution >= 0.6 is 0 Å². The van der Waals surface area contributed by atoms with E-state index in [1.165, 1.54) is 0 Å². The van der Waals surface area contributed by atoms with Gasteiger partial charge in [0.2, 0.25) is 0 Å². The molecule has 48 valence electrons. The molecule has 0 rings (SSSR count). The predicted molar refractivity (Wildman–Crippen MR) is 41.5 cm³/mol.